The fourth-order valence-electron chi connectivity index (χ4n) is 0.763. The van der Waals surface area contributed by atoms with Gasteiger partial charge in [0.15, 0.2) is 0 Å². The van der Waals surface area contributed by atoms with Gasteiger partial charge in [-0.3, -0.25) is 0 Å². The van der Waals surface area contributed by atoms with E-state index in [1.54, 1.807) is 0 Å². The third kappa shape index (κ3) is 7.75. The summed E-state index contributed by atoms with van der Waals surface area (Å²) in [5.74, 6) is 0. The highest BCUT2D eigenvalue weighted by Gasteiger charge is 2.48. The van der Waals surface area contributed by atoms with Crippen molar-refractivity contribution in [2.24, 2.45) is 0 Å². The Morgan fingerprint density at radius 3 is 1.15 bits per heavy atom. The quantitative estimate of drug-likeness (QED) is 0.323. The average molecular weight is 376 g/mol. The van der Waals surface area contributed by atoms with Gasteiger partial charge in [-0.2, -0.15) is 0 Å². The second-order valence-corrected chi connectivity index (χ2v) is 7.06. The van der Waals surface area contributed by atoms with Crippen molar-refractivity contribution in [2.75, 3.05) is 0 Å². The van der Waals surface area contributed by atoms with E-state index in [9.17, 15) is 19.9 Å². The van der Waals surface area contributed by atoms with Gasteiger partial charge in [0, 0.05) is 19.3 Å². The molecule has 0 aliphatic carbocycles. The number of alkyl halides is 3. The first-order chi connectivity index (χ1) is 8.80. The summed E-state index contributed by atoms with van der Waals surface area (Å²) in [4.78, 5) is 0. The van der Waals surface area contributed by atoms with Crippen LogP contribution in [0.2, 0.25) is 0 Å². The van der Waals surface area contributed by atoms with Gasteiger partial charge in [0.25, 0.3) is 15.7 Å². The second kappa shape index (κ2) is 7.42. The Balaban J connectivity index is 5.29. The molecule has 3 atom stereocenters. The van der Waals surface area contributed by atoms with E-state index < -0.39 is 23.6 Å². The Labute approximate surface area is 132 Å². The molecule has 0 bridgehead atoms. The molecule has 0 aromatic rings. The van der Waals surface area contributed by atoms with Gasteiger partial charge in [0.2, 0.25) is 0 Å². The van der Waals surface area contributed by atoms with Gasteiger partial charge in [0.05, 0.1) is 0 Å². The molecule has 122 valence electrons. The van der Waals surface area contributed by atoms with Crippen molar-refractivity contribution in [3.8, 4) is 0 Å². The molecule has 0 rings (SSSR count). The fraction of sp³-hybridized carbons (Fsp3) is 1.00. The minimum absolute atomic E-state index is 0.203. The molecule has 7 nitrogen and oxygen atoms in total. The normalized spacial score (nSPS) is 24.2. The van der Waals surface area contributed by atoms with Crippen LogP contribution in [0, 0.1) is 0 Å². The zero-order chi connectivity index (χ0) is 16.2. The average Bonchev–Trinajstić information content (AvgIpc) is 2.26. The summed E-state index contributed by atoms with van der Waals surface area (Å²) in [6, 6.07) is 0. The predicted molar refractivity (Wildman–Crippen MR) is 74.1 cm³/mol. The van der Waals surface area contributed by atoms with Crippen molar-refractivity contribution in [2.45, 2.75) is 55.8 Å². The van der Waals surface area contributed by atoms with Gasteiger partial charge in [0.1, 0.15) is 0 Å². The first kappa shape index (κ1) is 20.9. The van der Waals surface area contributed by atoms with Crippen molar-refractivity contribution < 1.29 is 33.5 Å². The predicted octanol–water partition coefficient (Wildman–Crippen LogP) is 3.03. The highest BCUT2D eigenvalue weighted by atomic mass is 35.5. The fourth-order valence-corrected chi connectivity index (χ4v) is 3.05. The van der Waals surface area contributed by atoms with E-state index in [-0.39, 0.29) is 19.3 Å². The zero-order valence-corrected chi connectivity index (χ0v) is 14.3. The van der Waals surface area contributed by atoms with Crippen LogP contribution in [0.3, 0.4) is 0 Å². The lowest BCUT2D eigenvalue weighted by molar-refractivity contribution is -0.159. The van der Waals surface area contributed by atoms with Crippen LogP contribution in [0.4, 0.5) is 0 Å². The third-order valence-corrected chi connectivity index (χ3v) is 5.00. The molecule has 0 saturated carbocycles. The maximum absolute atomic E-state index is 12.3. The highest BCUT2D eigenvalue weighted by Crippen LogP contribution is 2.59. The topological polar surface area (TPSA) is 105 Å². The van der Waals surface area contributed by atoms with E-state index in [0.717, 1.165) is 0 Å². The molecule has 0 spiro atoms. The molecule has 11 heteroatoms. The molecule has 0 aliphatic heterocycles. The lowest BCUT2D eigenvalue weighted by Gasteiger charge is -2.32. The third-order valence-electron chi connectivity index (χ3n) is 2.06. The van der Waals surface area contributed by atoms with Crippen LogP contribution in [0.25, 0.3) is 0 Å². The Morgan fingerprint density at radius 2 is 1.00 bits per heavy atom. The molecule has 0 radical (unpaired) electrons. The number of hydrogen-bond donors (Lipinski definition) is 3. The Bertz CT molecular complexity index is 309. The lowest BCUT2D eigenvalue weighted by atomic mass is 10.5. The van der Waals surface area contributed by atoms with Crippen molar-refractivity contribution in [3.63, 3.8) is 0 Å². The van der Waals surface area contributed by atoms with E-state index in [0.29, 0.717) is 0 Å². The monoisotopic (exact) mass is 374 g/mol. The minimum Gasteiger partial charge on any atom is -0.353 e. The van der Waals surface area contributed by atoms with Crippen molar-refractivity contribution in [3.05, 3.63) is 0 Å². The number of phosphoric acid groups is 1. The van der Waals surface area contributed by atoms with Crippen LogP contribution in [0.1, 0.15) is 40.0 Å². The van der Waals surface area contributed by atoms with Crippen molar-refractivity contribution in [1.29, 1.82) is 0 Å². The highest BCUT2D eigenvalue weighted by molar-refractivity contribution is 7.48. The molecular formula is C9H18Cl3O7P. The SMILES string of the molecule is CCC(O)(Cl)OP(=O)(OC(O)(Cl)CC)OC(O)(Cl)CC. The van der Waals surface area contributed by atoms with Crippen LogP contribution in [-0.2, 0) is 18.1 Å². The maximum atomic E-state index is 12.3. The number of aliphatic hydroxyl groups is 3. The first-order valence-corrected chi connectivity index (χ1v) is 8.36. The summed E-state index contributed by atoms with van der Waals surface area (Å²) in [5, 5.41) is 21.4. The summed E-state index contributed by atoms with van der Waals surface area (Å²) in [6.07, 6.45) is -0.610. The minimum atomic E-state index is -4.78. The van der Waals surface area contributed by atoms with Gasteiger partial charge in [-0.1, -0.05) is 55.6 Å². The Morgan fingerprint density at radius 1 is 0.800 bits per heavy atom. The van der Waals surface area contributed by atoms with Crippen molar-refractivity contribution >= 4 is 42.6 Å². The molecule has 0 saturated heterocycles. The van der Waals surface area contributed by atoms with E-state index in [1.807, 2.05) is 0 Å². The smallest absolute Gasteiger partial charge is 0.353 e. The van der Waals surface area contributed by atoms with E-state index in [4.69, 9.17) is 34.8 Å². The molecule has 0 aliphatic rings. The summed E-state index contributed by atoms with van der Waals surface area (Å²) >= 11 is 16.5. The molecule has 20 heavy (non-hydrogen) atoms. The number of phosphoric ester groups is 1. The van der Waals surface area contributed by atoms with Crippen LogP contribution >= 0.6 is 42.6 Å². The van der Waals surface area contributed by atoms with Crippen LogP contribution in [0.5, 0.6) is 0 Å². The van der Waals surface area contributed by atoms with Gasteiger partial charge in [-0.25, -0.2) is 18.1 Å². The maximum Gasteiger partial charge on any atom is 0.485 e. The summed E-state index contributed by atoms with van der Waals surface area (Å²) in [6.45, 7) is 4.24. The van der Waals surface area contributed by atoms with E-state index in [1.165, 1.54) is 20.8 Å². The summed E-state index contributed by atoms with van der Waals surface area (Å²) < 4.78 is 26.1. The number of rotatable bonds is 9. The molecule has 0 fully saturated rings. The Kier molecular flexibility index (Phi) is 7.74. The largest absolute Gasteiger partial charge is 0.485 e. The molecule has 0 aromatic carbocycles. The van der Waals surface area contributed by atoms with Crippen molar-refractivity contribution in [1.82, 2.24) is 0 Å². The number of halogens is 3. The van der Waals surface area contributed by atoms with Crippen LogP contribution < -0.4 is 0 Å². The molecule has 3 unspecified atom stereocenters. The molecular weight excluding hydrogens is 357 g/mol. The molecule has 0 aromatic heterocycles. The molecule has 3 N–H and O–H groups in total. The van der Waals surface area contributed by atoms with Gasteiger partial charge >= 0.3 is 7.82 Å². The summed E-state index contributed by atoms with van der Waals surface area (Å²) in [7, 11) is -4.78. The first-order valence-electron chi connectivity index (χ1n) is 5.76. The van der Waals surface area contributed by atoms with Crippen LogP contribution in [0.15, 0.2) is 0 Å². The summed E-state index contributed by atoms with van der Waals surface area (Å²) in [5.41, 5.74) is 0. The lowest BCUT2D eigenvalue weighted by Crippen LogP contribution is -2.32. The molecule has 0 amide bonds. The van der Waals surface area contributed by atoms with E-state index >= 15 is 0 Å². The van der Waals surface area contributed by atoms with Crippen LogP contribution in [-0.4, -0.2) is 31.1 Å². The molecule has 0 heterocycles. The standard InChI is InChI=1S/C9H18Cl3O7P/c1-4-7(10,13)17-20(16,18-8(11,14)5-2)19-9(12,15)6-3/h13-15H,4-6H2,1-3H3. The zero-order valence-electron chi connectivity index (χ0n) is 11.2. The van der Waals surface area contributed by atoms with Gasteiger partial charge in [-0.15, -0.1) is 0 Å². The van der Waals surface area contributed by atoms with Gasteiger partial charge in [-0.05, 0) is 0 Å². The van der Waals surface area contributed by atoms with Gasteiger partial charge < -0.3 is 15.3 Å². The second-order valence-electron chi connectivity index (χ2n) is 3.85. The Hall–Kier alpha value is 0.860. The van der Waals surface area contributed by atoms with E-state index in [2.05, 4.69) is 13.6 Å². The number of hydrogen-bond acceptors (Lipinski definition) is 7.